The number of aliphatic hydroxyl groups is 1. The molecule has 1 aromatic carbocycles. The summed E-state index contributed by atoms with van der Waals surface area (Å²) in [5.41, 5.74) is 4.13. The molecule has 3 heterocycles. The minimum Gasteiger partial charge on any atom is -0.390 e. The van der Waals surface area contributed by atoms with Gasteiger partial charge in [-0.3, -0.25) is 9.78 Å². The van der Waals surface area contributed by atoms with E-state index in [-0.39, 0.29) is 12.2 Å². The molecule has 0 saturated carbocycles. The summed E-state index contributed by atoms with van der Waals surface area (Å²) >= 11 is 0. The van der Waals surface area contributed by atoms with Crippen molar-refractivity contribution >= 4 is 10.9 Å². The summed E-state index contributed by atoms with van der Waals surface area (Å²) in [5.74, 6) is 0. The summed E-state index contributed by atoms with van der Waals surface area (Å²) in [4.78, 5) is 19.9. The molecule has 0 spiro atoms. The number of fused-ring (bicyclic) bond motifs is 3. The van der Waals surface area contributed by atoms with Crippen molar-refractivity contribution in [3.05, 3.63) is 64.3 Å². The Hall–Kier alpha value is -2.99. The summed E-state index contributed by atoms with van der Waals surface area (Å²) in [6.07, 6.45) is 3.28. The van der Waals surface area contributed by atoms with Gasteiger partial charge >= 0.3 is 0 Å². The van der Waals surface area contributed by atoms with Crippen molar-refractivity contribution in [1.82, 2.24) is 19.7 Å². The van der Waals surface area contributed by atoms with Gasteiger partial charge in [-0.05, 0) is 25.1 Å². The molecule has 1 aromatic heterocycles. The van der Waals surface area contributed by atoms with Crippen LogP contribution in [0.5, 0.6) is 0 Å². The van der Waals surface area contributed by atoms with E-state index in [0.29, 0.717) is 17.0 Å². The average molecular weight is 306 g/mol. The third kappa shape index (κ3) is 2.11. The lowest BCUT2D eigenvalue weighted by Crippen LogP contribution is -2.14. The molecule has 2 N–H and O–H groups in total. The highest BCUT2D eigenvalue weighted by Gasteiger charge is 2.19. The predicted octanol–water partition coefficient (Wildman–Crippen LogP) is 2.01. The highest BCUT2D eigenvalue weighted by atomic mass is 16.3. The van der Waals surface area contributed by atoms with Gasteiger partial charge in [0.25, 0.3) is 5.56 Å². The van der Waals surface area contributed by atoms with Crippen molar-refractivity contribution < 1.29 is 5.11 Å². The molecule has 0 atom stereocenters. The van der Waals surface area contributed by atoms with Crippen LogP contribution in [-0.4, -0.2) is 24.9 Å². The van der Waals surface area contributed by atoms with E-state index in [1.165, 1.54) is 4.68 Å². The highest BCUT2D eigenvalue weighted by molar-refractivity contribution is 5.92. The molecule has 0 fully saturated rings. The van der Waals surface area contributed by atoms with Gasteiger partial charge in [0.15, 0.2) is 0 Å². The normalized spacial score (nSPS) is 11.4. The van der Waals surface area contributed by atoms with Crippen molar-refractivity contribution in [2.45, 2.75) is 13.5 Å². The number of nitrogens with one attached hydrogen (secondary N) is 1. The number of aromatic nitrogens is 4. The van der Waals surface area contributed by atoms with E-state index in [0.717, 1.165) is 22.2 Å². The first kappa shape index (κ1) is 13.7. The van der Waals surface area contributed by atoms with Gasteiger partial charge in [0.2, 0.25) is 0 Å². The summed E-state index contributed by atoms with van der Waals surface area (Å²) in [7, 11) is 0. The van der Waals surface area contributed by atoms with E-state index >= 15 is 0 Å². The molecule has 114 valence electrons. The van der Waals surface area contributed by atoms with Crippen molar-refractivity contribution in [2.24, 2.45) is 0 Å². The van der Waals surface area contributed by atoms with E-state index in [1.807, 2.05) is 31.2 Å². The standard InChI is InChI=1S/C17H14N4O2/c1-10-2-4-12(5-3-10)21-17(23)14-8-19-15-6-11(9-22)18-7-13(15)16(14)20-21/h2-8,19,22H,9H2,1H3. The predicted molar refractivity (Wildman–Crippen MR) is 86.8 cm³/mol. The number of H-pyrrole nitrogens is 1. The van der Waals surface area contributed by atoms with E-state index in [1.54, 1.807) is 18.5 Å². The Morgan fingerprint density at radius 2 is 2.04 bits per heavy atom. The first-order valence-electron chi connectivity index (χ1n) is 7.24. The second-order valence-electron chi connectivity index (χ2n) is 5.48. The van der Waals surface area contributed by atoms with Crippen LogP contribution in [0.4, 0.5) is 0 Å². The smallest absolute Gasteiger partial charge is 0.282 e. The van der Waals surface area contributed by atoms with E-state index in [9.17, 15) is 9.90 Å². The topological polar surface area (TPSA) is 83.8 Å². The number of hydrogen-bond donors (Lipinski definition) is 2. The fraction of sp³-hybridized carbons (Fsp3) is 0.118. The third-order valence-corrected chi connectivity index (χ3v) is 3.91. The molecule has 0 unspecified atom stereocenters. The number of benzene rings is 1. The summed E-state index contributed by atoms with van der Waals surface area (Å²) in [6, 6.07) is 9.39. The molecule has 23 heavy (non-hydrogen) atoms. The average Bonchev–Trinajstić information content (AvgIpc) is 2.92. The van der Waals surface area contributed by atoms with E-state index < -0.39 is 0 Å². The van der Waals surface area contributed by atoms with E-state index in [4.69, 9.17) is 0 Å². The molecule has 0 aliphatic carbocycles. The van der Waals surface area contributed by atoms with Gasteiger partial charge in [-0.1, -0.05) is 17.7 Å². The summed E-state index contributed by atoms with van der Waals surface area (Å²) in [5, 5.41) is 14.4. The van der Waals surface area contributed by atoms with Gasteiger partial charge in [0.05, 0.1) is 29.1 Å². The molecule has 4 rings (SSSR count). The van der Waals surface area contributed by atoms with Crippen LogP contribution in [0.25, 0.3) is 27.8 Å². The molecule has 2 aromatic rings. The number of nitrogens with zero attached hydrogens (tertiary/aromatic N) is 3. The van der Waals surface area contributed by atoms with Gasteiger partial charge in [0.1, 0.15) is 5.69 Å². The Morgan fingerprint density at radius 1 is 1.26 bits per heavy atom. The summed E-state index contributed by atoms with van der Waals surface area (Å²) < 4.78 is 1.40. The number of aliphatic hydroxyl groups excluding tert-OH is 1. The van der Waals surface area contributed by atoms with Gasteiger partial charge in [-0.25, -0.2) is 0 Å². The van der Waals surface area contributed by atoms with Crippen LogP contribution >= 0.6 is 0 Å². The Balaban J connectivity index is 1.99. The Labute approximate surface area is 131 Å². The molecule has 6 heteroatoms. The van der Waals surface area contributed by atoms with Gasteiger partial charge < -0.3 is 10.1 Å². The second-order valence-corrected chi connectivity index (χ2v) is 5.48. The van der Waals surface area contributed by atoms with Crippen molar-refractivity contribution in [2.75, 3.05) is 0 Å². The fourth-order valence-corrected chi connectivity index (χ4v) is 2.65. The molecule has 0 bridgehead atoms. The number of pyridine rings is 2. The molecule has 2 aliphatic heterocycles. The third-order valence-electron chi connectivity index (χ3n) is 3.91. The lowest BCUT2D eigenvalue weighted by atomic mass is 10.1. The monoisotopic (exact) mass is 306 g/mol. The zero-order chi connectivity index (χ0) is 16.0. The number of aromatic amines is 1. The minimum absolute atomic E-state index is 0.133. The van der Waals surface area contributed by atoms with Crippen LogP contribution in [-0.2, 0) is 6.61 Å². The van der Waals surface area contributed by atoms with Gasteiger partial charge in [-0.15, -0.1) is 0 Å². The molecule has 0 radical (unpaired) electrons. The molecular weight excluding hydrogens is 292 g/mol. The zero-order valence-electron chi connectivity index (χ0n) is 12.4. The maximum absolute atomic E-state index is 12.6. The molecule has 2 aliphatic rings. The Morgan fingerprint density at radius 3 is 2.78 bits per heavy atom. The van der Waals surface area contributed by atoms with E-state index in [2.05, 4.69) is 15.1 Å². The molecule has 0 saturated heterocycles. The van der Waals surface area contributed by atoms with Crippen molar-refractivity contribution in [3.8, 4) is 16.9 Å². The van der Waals surface area contributed by atoms with Crippen molar-refractivity contribution in [3.63, 3.8) is 0 Å². The lowest BCUT2D eigenvalue weighted by molar-refractivity contribution is 0.277. The molecular formula is C17H14N4O2. The summed E-state index contributed by atoms with van der Waals surface area (Å²) in [6.45, 7) is 1.86. The molecule has 0 amide bonds. The maximum atomic E-state index is 12.6. The van der Waals surface area contributed by atoms with Crippen LogP contribution in [0, 0.1) is 6.92 Å². The quantitative estimate of drug-likeness (QED) is 0.593. The first-order chi connectivity index (χ1) is 11.2. The van der Waals surface area contributed by atoms with Gasteiger partial charge in [0, 0.05) is 17.8 Å². The molecule has 6 nitrogen and oxygen atoms in total. The van der Waals surface area contributed by atoms with Crippen LogP contribution in [0.2, 0.25) is 0 Å². The Kier molecular flexibility index (Phi) is 2.99. The SMILES string of the molecule is Cc1ccc(-n2nc3c4cnc(CO)cc4[nH]cc-3c2=O)cc1. The van der Waals surface area contributed by atoms with Crippen LogP contribution in [0.15, 0.2) is 47.5 Å². The number of hydrogen-bond acceptors (Lipinski definition) is 4. The number of aryl methyl sites for hydroxylation is 1. The zero-order valence-corrected chi connectivity index (χ0v) is 12.4. The highest BCUT2D eigenvalue weighted by Crippen LogP contribution is 2.25. The van der Waals surface area contributed by atoms with Crippen LogP contribution in [0.1, 0.15) is 11.3 Å². The van der Waals surface area contributed by atoms with Crippen LogP contribution in [0.3, 0.4) is 0 Å². The minimum atomic E-state index is -0.173. The lowest BCUT2D eigenvalue weighted by Gasteiger charge is -2.03. The van der Waals surface area contributed by atoms with Gasteiger partial charge in [-0.2, -0.15) is 9.78 Å². The largest absolute Gasteiger partial charge is 0.390 e. The maximum Gasteiger partial charge on any atom is 0.282 e. The second kappa shape index (κ2) is 5.03. The van der Waals surface area contributed by atoms with Crippen LogP contribution < -0.4 is 5.56 Å². The first-order valence-corrected chi connectivity index (χ1v) is 7.24. The van der Waals surface area contributed by atoms with Crippen molar-refractivity contribution in [1.29, 1.82) is 0 Å². The fourth-order valence-electron chi connectivity index (χ4n) is 2.65. The Bertz CT molecular complexity index is 1030. The number of rotatable bonds is 2.